The molecule has 0 saturated heterocycles. The molecule has 1 aromatic rings. The van der Waals surface area contributed by atoms with Gasteiger partial charge in [-0.05, 0) is 40.8 Å². The maximum atomic E-state index is 10.6. The highest BCUT2D eigenvalue weighted by molar-refractivity contribution is 9.18. The Morgan fingerprint density at radius 2 is 1.88 bits per heavy atom. The third-order valence-corrected chi connectivity index (χ3v) is 2.63. The summed E-state index contributed by atoms with van der Waals surface area (Å²) in [6, 6.07) is 6.53. The lowest BCUT2D eigenvalue weighted by Crippen LogP contribution is -1.91. The number of aryl methyl sites for hydroxylation is 1. The van der Waals surface area contributed by atoms with Gasteiger partial charge >= 0.3 is 0 Å². The molecule has 0 unspecified atom stereocenters. The smallest absolute Gasteiger partial charge is 0.269 e. The van der Waals surface area contributed by atoms with Gasteiger partial charge in [-0.2, -0.15) is 0 Å². The normalized spacial score (nSPS) is 10.1. The van der Waals surface area contributed by atoms with E-state index in [9.17, 15) is 14.9 Å². The Morgan fingerprint density at radius 3 is 2.38 bits per heavy atom. The first-order valence-electron chi connectivity index (χ1n) is 5.01. The lowest BCUT2D eigenvalue weighted by molar-refractivity contribution is -0.384. The number of hydrogen-bond acceptors (Lipinski definition) is 3. The van der Waals surface area contributed by atoms with Gasteiger partial charge in [0.2, 0.25) is 0 Å². The molecule has 86 valence electrons. The largest absolute Gasteiger partial charge is 0.287 e. The summed E-state index contributed by atoms with van der Waals surface area (Å²) in [5, 5.41) is 10.4. The fraction of sp³-hybridized carbons (Fsp3) is 0.364. The summed E-state index contributed by atoms with van der Waals surface area (Å²) in [4.78, 5) is 20.6. The van der Waals surface area contributed by atoms with Crippen molar-refractivity contribution in [1.29, 1.82) is 0 Å². The van der Waals surface area contributed by atoms with E-state index in [1.54, 1.807) is 12.1 Å². The third kappa shape index (κ3) is 4.53. The summed E-state index contributed by atoms with van der Waals surface area (Å²) in [5.74, 6) is 0. The summed E-state index contributed by atoms with van der Waals surface area (Å²) >= 11 is 2.87. The number of halogens is 1. The van der Waals surface area contributed by atoms with E-state index in [0.717, 1.165) is 24.8 Å². The van der Waals surface area contributed by atoms with Crippen molar-refractivity contribution >= 4 is 26.3 Å². The molecule has 16 heavy (non-hydrogen) atoms. The van der Waals surface area contributed by atoms with Crippen LogP contribution in [-0.4, -0.2) is 9.62 Å². The molecule has 1 aromatic carbocycles. The number of carbonyl (C=O) groups excluding carboxylic acids is 1. The van der Waals surface area contributed by atoms with E-state index in [1.807, 2.05) is 0 Å². The molecule has 0 radical (unpaired) electrons. The summed E-state index contributed by atoms with van der Waals surface area (Å²) in [5.41, 5.74) is 1.17. The van der Waals surface area contributed by atoms with E-state index < -0.39 is 4.92 Å². The average molecular weight is 286 g/mol. The van der Waals surface area contributed by atoms with Gasteiger partial charge in [-0.15, -0.1) is 0 Å². The highest BCUT2D eigenvalue weighted by Crippen LogP contribution is 2.14. The Morgan fingerprint density at radius 1 is 1.25 bits per heavy atom. The Bertz CT molecular complexity index is 375. The number of carbonyl (C=O) groups is 1. The molecule has 5 heteroatoms. The first-order valence-corrected chi connectivity index (χ1v) is 5.80. The van der Waals surface area contributed by atoms with Crippen molar-refractivity contribution in [3.8, 4) is 0 Å². The number of rotatable bonds is 6. The minimum Gasteiger partial charge on any atom is -0.287 e. The number of hydrogen-bond donors (Lipinski definition) is 0. The van der Waals surface area contributed by atoms with Crippen molar-refractivity contribution in [2.75, 3.05) is 0 Å². The van der Waals surface area contributed by atoms with Crippen molar-refractivity contribution in [3.63, 3.8) is 0 Å². The number of non-ortho nitro benzene ring substituents is 1. The summed E-state index contributed by atoms with van der Waals surface area (Å²) in [6.45, 7) is 0. The van der Waals surface area contributed by atoms with Gasteiger partial charge < -0.3 is 0 Å². The second kappa shape index (κ2) is 6.37. The number of nitro groups is 1. The molecule has 0 amide bonds. The van der Waals surface area contributed by atoms with Crippen molar-refractivity contribution in [1.82, 2.24) is 0 Å². The van der Waals surface area contributed by atoms with Crippen LogP contribution in [0.15, 0.2) is 24.3 Å². The second-order valence-electron chi connectivity index (χ2n) is 3.49. The molecule has 4 nitrogen and oxygen atoms in total. The van der Waals surface area contributed by atoms with Gasteiger partial charge in [0.25, 0.3) is 5.69 Å². The van der Waals surface area contributed by atoms with Gasteiger partial charge in [0, 0.05) is 18.6 Å². The number of benzene rings is 1. The first kappa shape index (κ1) is 12.8. The fourth-order valence-electron chi connectivity index (χ4n) is 1.38. The maximum Gasteiger partial charge on any atom is 0.269 e. The highest BCUT2D eigenvalue weighted by Gasteiger charge is 2.03. The molecule has 0 spiro atoms. The van der Waals surface area contributed by atoms with E-state index in [-0.39, 0.29) is 10.4 Å². The van der Waals surface area contributed by atoms with Crippen molar-refractivity contribution in [3.05, 3.63) is 39.9 Å². The highest BCUT2D eigenvalue weighted by atomic mass is 79.9. The molecule has 0 aliphatic rings. The summed E-state index contributed by atoms with van der Waals surface area (Å²) < 4.78 is 0.0243. The van der Waals surface area contributed by atoms with Crippen molar-refractivity contribution < 1.29 is 9.72 Å². The lowest BCUT2D eigenvalue weighted by atomic mass is 10.1. The maximum absolute atomic E-state index is 10.6. The number of unbranched alkanes of at least 4 members (excludes halogenated alkanes) is 1. The monoisotopic (exact) mass is 285 g/mol. The molecule has 0 fully saturated rings. The van der Waals surface area contributed by atoms with Crippen LogP contribution >= 0.6 is 15.9 Å². The van der Waals surface area contributed by atoms with Crippen LogP contribution in [0.2, 0.25) is 0 Å². The van der Waals surface area contributed by atoms with Crippen molar-refractivity contribution in [2.24, 2.45) is 0 Å². The molecule has 0 atom stereocenters. The van der Waals surface area contributed by atoms with E-state index >= 15 is 0 Å². The van der Waals surface area contributed by atoms with Gasteiger partial charge in [0.05, 0.1) is 4.92 Å². The quantitative estimate of drug-likeness (QED) is 0.349. The predicted octanol–water partition coefficient (Wildman–Crippen LogP) is 3.23. The molecular weight excluding hydrogens is 274 g/mol. The number of nitrogens with zero attached hydrogens (tertiary/aromatic N) is 1. The van der Waals surface area contributed by atoms with Crippen LogP contribution in [-0.2, 0) is 11.2 Å². The van der Waals surface area contributed by atoms with Crippen LogP contribution in [0.5, 0.6) is 0 Å². The molecule has 0 saturated carbocycles. The van der Waals surface area contributed by atoms with Crippen LogP contribution < -0.4 is 0 Å². The molecular formula is C11H12BrNO3. The van der Waals surface area contributed by atoms with Crippen molar-refractivity contribution in [2.45, 2.75) is 25.7 Å². The molecule has 0 heterocycles. The molecule has 0 bridgehead atoms. The Labute approximate surface area is 102 Å². The minimum atomic E-state index is -0.409. The predicted molar refractivity (Wildman–Crippen MR) is 64.6 cm³/mol. The zero-order valence-corrected chi connectivity index (χ0v) is 10.3. The van der Waals surface area contributed by atoms with Crippen LogP contribution in [0.4, 0.5) is 5.69 Å². The van der Waals surface area contributed by atoms with Crippen LogP contribution in [0, 0.1) is 10.1 Å². The fourth-order valence-corrected chi connectivity index (χ4v) is 1.66. The average Bonchev–Trinajstić information content (AvgIpc) is 2.25. The van der Waals surface area contributed by atoms with Crippen LogP contribution in [0.3, 0.4) is 0 Å². The van der Waals surface area contributed by atoms with Gasteiger partial charge in [-0.25, -0.2) is 0 Å². The van der Waals surface area contributed by atoms with Gasteiger partial charge in [0.1, 0.15) is 0 Å². The molecule has 1 rings (SSSR count). The van der Waals surface area contributed by atoms with E-state index in [4.69, 9.17) is 0 Å². The zero-order chi connectivity index (χ0) is 12.0. The topological polar surface area (TPSA) is 60.2 Å². The Kier molecular flexibility index (Phi) is 5.11. The second-order valence-corrected chi connectivity index (χ2v) is 4.37. The Hall–Kier alpha value is -1.23. The van der Waals surface area contributed by atoms with E-state index in [0.29, 0.717) is 6.42 Å². The molecule has 0 aliphatic carbocycles. The van der Waals surface area contributed by atoms with Crippen LogP contribution in [0.25, 0.3) is 0 Å². The molecule has 0 N–H and O–H groups in total. The minimum absolute atomic E-state index is 0.0243. The Balaban J connectivity index is 2.38. The lowest BCUT2D eigenvalue weighted by Gasteiger charge is -2.00. The van der Waals surface area contributed by atoms with Gasteiger partial charge in [-0.3, -0.25) is 14.9 Å². The van der Waals surface area contributed by atoms with E-state index in [1.165, 1.54) is 12.1 Å². The van der Waals surface area contributed by atoms with Crippen LogP contribution in [0.1, 0.15) is 24.8 Å². The summed E-state index contributed by atoms with van der Waals surface area (Å²) in [7, 11) is 0. The SMILES string of the molecule is O=C(Br)CCCCc1ccc([N+](=O)[O-])cc1. The number of nitro benzene ring substituents is 1. The summed E-state index contributed by atoms with van der Waals surface area (Å²) in [6.07, 6.45) is 3.13. The zero-order valence-electron chi connectivity index (χ0n) is 8.69. The molecule has 0 aliphatic heterocycles. The first-order chi connectivity index (χ1) is 7.59. The third-order valence-electron chi connectivity index (χ3n) is 2.24. The van der Waals surface area contributed by atoms with Gasteiger partial charge in [-0.1, -0.05) is 12.1 Å². The van der Waals surface area contributed by atoms with E-state index in [2.05, 4.69) is 15.9 Å². The molecule has 0 aromatic heterocycles. The standard InChI is InChI=1S/C11H12BrNO3/c12-11(14)4-2-1-3-9-5-7-10(8-6-9)13(15)16/h5-8H,1-4H2. The van der Waals surface area contributed by atoms with Gasteiger partial charge in [0.15, 0.2) is 4.69 Å².